The van der Waals surface area contributed by atoms with Gasteiger partial charge in [-0.25, -0.2) is 4.79 Å². The Kier molecular flexibility index (Phi) is 14.9. The monoisotopic (exact) mass is 529 g/mol. The van der Waals surface area contributed by atoms with Crippen molar-refractivity contribution in [3.63, 3.8) is 0 Å². The fourth-order valence-electron chi connectivity index (χ4n) is 3.17. The number of carboxylic acid groups (broad SMARTS) is 1. The smallest absolute Gasteiger partial charge is 0.326 e. The van der Waals surface area contributed by atoms with Crippen molar-refractivity contribution >= 4 is 41.5 Å². The lowest BCUT2D eigenvalue weighted by Crippen LogP contribution is -2.57. The van der Waals surface area contributed by atoms with Gasteiger partial charge in [0.05, 0.1) is 12.5 Å². The highest BCUT2D eigenvalue weighted by Crippen LogP contribution is 2.07. The lowest BCUT2D eigenvalue weighted by molar-refractivity contribution is -0.144. The third-order valence-corrected chi connectivity index (χ3v) is 4.97. The van der Waals surface area contributed by atoms with Gasteiger partial charge in [-0.1, -0.05) is 13.8 Å². The van der Waals surface area contributed by atoms with E-state index in [2.05, 4.69) is 20.9 Å². The Balaban J connectivity index is 5.71. The number of carboxylic acids is 1. The SMILES string of the molecule is CC(C)CC(N)C(=O)NC(CCCN=C(N)N)C(=O)NC(CCC(N)=O)C(=O)NC(CC(N)=O)C(=O)O. The zero-order chi connectivity index (χ0) is 28.7. The minimum absolute atomic E-state index is 0.0618. The number of nitrogens with one attached hydrogen (secondary N) is 3. The maximum absolute atomic E-state index is 13.1. The maximum Gasteiger partial charge on any atom is 0.326 e. The summed E-state index contributed by atoms with van der Waals surface area (Å²) in [6, 6.07) is -5.14. The molecule has 210 valence electrons. The van der Waals surface area contributed by atoms with Crippen LogP contribution in [0.2, 0.25) is 0 Å². The van der Waals surface area contributed by atoms with Gasteiger partial charge in [0.2, 0.25) is 29.5 Å². The summed E-state index contributed by atoms with van der Waals surface area (Å²) >= 11 is 0. The van der Waals surface area contributed by atoms with Crippen LogP contribution in [0.4, 0.5) is 0 Å². The zero-order valence-electron chi connectivity index (χ0n) is 21.1. The molecule has 0 radical (unpaired) electrons. The normalized spacial score (nSPS) is 13.9. The molecule has 0 aliphatic rings. The highest BCUT2D eigenvalue weighted by atomic mass is 16.4. The fourth-order valence-corrected chi connectivity index (χ4v) is 3.17. The molecule has 16 nitrogen and oxygen atoms in total. The standard InChI is InChI=1S/C21H39N9O7/c1-10(2)8-11(22)17(33)28-12(4-3-7-27-21(25)26)18(34)29-13(5-6-15(23)31)19(35)30-14(20(36)37)9-16(24)32/h10-14H,3-9,22H2,1-2H3,(H2,23,31)(H2,24,32)(H,28,33)(H,29,34)(H,30,35)(H,36,37)(H4,25,26,27). The predicted octanol–water partition coefficient (Wildman–Crippen LogP) is -3.91. The molecule has 0 rings (SSSR count). The number of carbonyl (C=O) groups is 6. The van der Waals surface area contributed by atoms with E-state index >= 15 is 0 Å². The molecule has 0 bridgehead atoms. The number of carbonyl (C=O) groups excluding carboxylic acids is 5. The Morgan fingerprint density at radius 1 is 0.784 bits per heavy atom. The van der Waals surface area contributed by atoms with E-state index in [4.69, 9.17) is 28.7 Å². The summed E-state index contributed by atoms with van der Waals surface area (Å²) in [5, 5.41) is 16.3. The molecule has 0 saturated heterocycles. The van der Waals surface area contributed by atoms with Crippen LogP contribution in [0.1, 0.15) is 52.4 Å². The fraction of sp³-hybridized carbons (Fsp3) is 0.667. The number of nitrogens with zero attached hydrogens (tertiary/aromatic N) is 1. The van der Waals surface area contributed by atoms with Crippen molar-refractivity contribution in [2.24, 2.45) is 39.6 Å². The first-order valence-electron chi connectivity index (χ1n) is 11.6. The summed E-state index contributed by atoms with van der Waals surface area (Å²) in [5.74, 6) is -5.73. The number of guanidine groups is 1. The lowest BCUT2D eigenvalue weighted by atomic mass is 10.0. The van der Waals surface area contributed by atoms with Gasteiger partial charge in [0.25, 0.3) is 0 Å². The zero-order valence-corrected chi connectivity index (χ0v) is 21.1. The highest BCUT2D eigenvalue weighted by Gasteiger charge is 2.31. The molecule has 4 atom stereocenters. The quantitative estimate of drug-likeness (QED) is 0.0472. The first-order chi connectivity index (χ1) is 17.1. The van der Waals surface area contributed by atoms with E-state index in [1.54, 1.807) is 0 Å². The Morgan fingerprint density at radius 2 is 1.30 bits per heavy atom. The third kappa shape index (κ3) is 14.9. The molecule has 0 aromatic carbocycles. The van der Waals surface area contributed by atoms with Gasteiger partial charge in [0.15, 0.2) is 5.96 Å². The van der Waals surface area contributed by atoms with Crippen LogP contribution in [-0.2, 0) is 28.8 Å². The Hall–Kier alpha value is -3.95. The second-order valence-corrected chi connectivity index (χ2v) is 8.88. The number of aliphatic carboxylic acids is 1. The molecule has 0 spiro atoms. The van der Waals surface area contributed by atoms with Crippen molar-refractivity contribution in [1.82, 2.24) is 16.0 Å². The molecule has 0 aromatic heterocycles. The number of aliphatic imine (C=N–C) groups is 1. The number of hydrogen-bond donors (Lipinski definition) is 9. The summed E-state index contributed by atoms with van der Waals surface area (Å²) in [6.45, 7) is 3.90. The lowest BCUT2D eigenvalue weighted by Gasteiger charge is -2.25. The molecule has 16 heteroatoms. The van der Waals surface area contributed by atoms with Crippen LogP contribution in [0.15, 0.2) is 4.99 Å². The van der Waals surface area contributed by atoms with Crippen LogP contribution in [0, 0.1) is 5.92 Å². The van der Waals surface area contributed by atoms with Crippen molar-refractivity contribution in [2.45, 2.75) is 76.5 Å². The van der Waals surface area contributed by atoms with E-state index in [0.29, 0.717) is 6.42 Å². The molecular formula is C21H39N9O7. The second-order valence-electron chi connectivity index (χ2n) is 8.88. The van der Waals surface area contributed by atoms with Crippen LogP contribution in [0.3, 0.4) is 0 Å². The number of rotatable bonds is 18. The van der Waals surface area contributed by atoms with E-state index in [1.807, 2.05) is 13.8 Å². The van der Waals surface area contributed by atoms with E-state index in [9.17, 15) is 33.9 Å². The molecule has 4 unspecified atom stereocenters. The summed E-state index contributed by atoms with van der Waals surface area (Å²) in [7, 11) is 0. The largest absolute Gasteiger partial charge is 0.480 e. The van der Waals surface area contributed by atoms with E-state index in [1.165, 1.54) is 0 Å². The topological polar surface area (TPSA) is 301 Å². The number of primary amides is 2. The second kappa shape index (κ2) is 16.7. The summed E-state index contributed by atoms with van der Waals surface area (Å²) in [4.78, 5) is 76.0. The van der Waals surface area contributed by atoms with Crippen molar-refractivity contribution in [1.29, 1.82) is 0 Å². The minimum atomic E-state index is -1.66. The van der Waals surface area contributed by atoms with E-state index in [0.717, 1.165) is 0 Å². The minimum Gasteiger partial charge on any atom is -0.480 e. The van der Waals surface area contributed by atoms with Gasteiger partial charge in [0.1, 0.15) is 18.1 Å². The van der Waals surface area contributed by atoms with Gasteiger partial charge < -0.3 is 49.7 Å². The van der Waals surface area contributed by atoms with Crippen LogP contribution in [-0.4, -0.2) is 77.3 Å². The number of nitrogens with two attached hydrogens (primary N) is 5. The third-order valence-electron chi connectivity index (χ3n) is 4.97. The van der Waals surface area contributed by atoms with Crippen molar-refractivity contribution in [3.05, 3.63) is 0 Å². The van der Waals surface area contributed by atoms with Crippen molar-refractivity contribution in [2.75, 3.05) is 6.54 Å². The molecule has 37 heavy (non-hydrogen) atoms. The van der Waals surface area contributed by atoms with Crippen molar-refractivity contribution < 1.29 is 33.9 Å². The Labute approximate surface area is 214 Å². The molecule has 14 N–H and O–H groups in total. The molecular weight excluding hydrogens is 490 g/mol. The molecule has 0 saturated carbocycles. The summed E-state index contributed by atoms with van der Waals surface area (Å²) < 4.78 is 0. The highest BCUT2D eigenvalue weighted by molar-refractivity contribution is 5.95. The van der Waals surface area contributed by atoms with Gasteiger partial charge in [-0.15, -0.1) is 0 Å². The molecule has 0 fully saturated rings. The Morgan fingerprint density at radius 3 is 1.76 bits per heavy atom. The van der Waals surface area contributed by atoms with Crippen molar-refractivity contribution in [3.8, 4) is 0 Å². The molecule has 5 amide bonds. The van der Waals surface area contributed by atoms with Crippen LogP contribution in [0.25, 0.3) is 0 Å². The van der Waals surface area contributed by atoms with Gasteiger partial charge in [0, 0.05) is 13.0 Å². The average molecular weight is 530 g/mol. The summed E-state index contributed by atoms with van der Waals surface area (Å²) in [5.41, 5.74) is 26.7. The first kappa shape index (κ1) is 33.0. The number of amides is 5. The first-order valence-corrected chi connectivity index (χ1v) is 11.6. The van der Waals surface area contributed by atoms with Crippen LogP contribution < -0.4 is 44.6 Å². The van der Waals surface area contributed by atoms with E-state index in [-0.39, 0.29) is 44.1 Å². The predicted molar refractivity (Wildman–Crippen MR) is 133 cm³/mol. The van der Waals surface area contributed by atoms with Gasteiger partial charge in [-0.2, -0.15) is 0 Å². The van der Waals surface area contributed by atoms with Crippen LogP contribution in [0.5, 0.6) is 0 Å². The Bertz CT molecular complexity index is 859. The van der Waals surface area contributed by atoms with Crippen LogP contribution >= 0.6 is 0 Å². The molecule has 0 heterocycles. The summed E-state index contributed by atoms with van der Waals surface area (Å²) in [6.07, 6.45) is -0.618. The van der Waals surface area contributed by atoms with Gasteiger partial charge >= 0.3 is 5.97 Å². The molecule has 0 aliphatic carbocycles. The number of hydrogen-bond acceptors (Lipinski definition) is 8. The van der Waals surface area contributed by atoms with Gasteiger partial charge in [-0.05, 0) is 31.6 Å². The molecule has 0 aliphatic heterocycles. The average Bonchev–Trinajstić information content (AvgIpc) is 2.76. The molecule has 0 aromatic rings. The van der Waals surface area contributed by atoms with Gasteiger partial charge in [-0.3, -0.25) is 29.0 Å². The maximum atomic E-state index is 13.1. The van der Waals surface area contributed by atoms with E-state index < -0.39 is 66.1 Å².